The van der Waals surface area contributed by atoms with Gasteiger partial charge in [-0.25, -0.2) is 0 Å². The summed E-state index contributed by atoms with van der Waals surface area (Å²) in [5.74, 6) is 0.0434. The minimum atomic E-state index is -0.473. The van der Waals surface area contributed by atoms with Gasteiger partial charge in [0.25, 0.3) is 0 Å². The Labute approximate surface area is 145 Å². The van der Waals surface area contributed by atoms with E-state index in [4.69, 9.17) is 9.84 Å². The zero-order valence-corrected chi connectivity index (χ0v) is 13.6. The summed E-state index contributed by atoms with van der Waals surface area (Å²) in [6.45, 7) is -0.156. The third-order valence-electron chi connectivity index (χ3n) is 3.89. The van der Waals surface area contributed by atoms with E-state index in [9.17, 15) is 10.0 Å². The normalized spacial score (nSPS) is 10.8. The van der Waals surface area contributed by atoms with E-state index in [0.29, 0.717) is 5.69 Å². The zero-order valence-electron chi connectivity index (χ0n) is 13.6. The number of hydrogen-bond acceptors (Lipinski definition) is 4. The van der Waals surface area contributed by atoms with Crippen LogP contribution in [-0.2, 0) is 6.42 Å². The molecule has 0 aliphatic heterocycles. The SMILES string of the molecule is O=c1cc(CCO)n(O)cc1OC(c1ccccc1)c1ccccc1. The molecule has 3 aromatic rings. The van der Waals surface area contributed by atoms with Crippen LogP contribution in [-0.4, -0.2) is 21.7 Å². The van der Waals surface area contributed by atoms with Crippen LogP contribution in [0.3, 0.4) is 0 Å². The largest absolute Gasteiger partial charge is 0.475 e. The van der Waals surface area contributed by atoms with Crippen LogP contribution in [0.25, 0.3) is 0 Å². The molecule has 0 atom stereocenters. The fraction of sp³-hybridized carbons (Fsp3) is 0.150. The number of aromatic nitrogens is 1. The maximum atomic E-state index is 12.3. The van der Waals surface area contributed by atoms with Gasteiger partial charge >= 0.3 is 0 Å². The van der Waals surface area contributed by atoms with Gasteiger partial charge in [0, 0.05) is 19.1 Å². The van der Waals surface area contributed by atoms with Crippen molar-refractivity contribution in [2.75, 3.05) is 6.61 Å². The lowest BCUT2D eigenvalue weighted by molar-refractivity contribution is 0.159. The minimum Gasteiger partial charge on any atom is -0.475 e. The first-order chi connectivity index (χ1) is 12.2. The smallest absolute Gasteiger partial charge is 0.223 e. The summed E-state index contributed by atoms with van der Waals surface area (Å²) in [5, 5.41) is 19.0. The third-order valence-corrected chi connectivity index (χ3v) is 3.89. The van der Waals surface area contributed by atoms with Crippen LogP contribution >= 0.6 is 0 Å². The molecule has 5 nitrogen and oxygen atoms in total. The fourth-order valence-electron chi connectivity index (χ4n) is 2.65. The molecule has 0 saturated heterocycles. The Balaban J connectivity index is 1.99. The van der Waals surface area contributed by atoms with Crippen LogP contribution in [0.5, 0.6) is 5.75 Å². The van der Waals surface area contributed by atoms with E-state index in [0.717, 1.165) is 15.9 Å². The molecule has 0 radical (unpaired) electrons. The maximum Gasteiger partial charge on any atom is 0.223 e. The molecule has 0 aliphatic carbocycles. The van der Waals surface area contributed by atoms with Gasteiger partial charge in [0.1, 0.15) is 6.10 Å². The Morgan fingerprint density at radius 3 is 2.04 bits per heavy atom. The monoisotopic (exact) mass is 337 g/mol. The first-order valence-electron chi connectivity index (χ1n) is 8.01. The second kappa shape index (κ2) is 7.68. The average molecular weight is 337 g/mol. The molecular formula is C20H19NO4. The lowest BCUT2D eigenvalue weighted by Crippen LogP contribution is -2.18. The number of benzene rings is 2. The number of ether oxygens (including phenoxy) is 1. The van der Waals surface area contributed by atoms with E-state index in [1.807, 2.05) is 60.7 Å². The van der Waals surface area contributed by atoms with Crippen LogP contribution < -0.4 is 10.2 Å². The van der Waals surface area contributed by atoms with Crippen molar-refractivity contribution in [1.82, 2.24) is 4.73 Å². The number of hydrogen-bond donors (Lipinski definition) is 2. The lowest BCUT2D eigenvalue weighted by atomic mass is 10.0. The first-order valence-corrected chi connectivity index (χ1v) is 8.01. The van der Waals surface area contributed by atoms with Crippen molar-refractivity contribution in [2.24, 2.45) is 0 Å². The van der Waals surface area contributed by atoms with Gasteiger partial charge in [-0.3, -0.25) is 4.79 Å². The maximum absolute atomic E-state index is 12.3. The molecule has 128 valence electrons. The van der Waals surface area contributed by atoms with Crippen molar-refractivity contribution in [1.29, 1.82) is 0 Å². The predicted octanol–water partition coefficient (Wildman–Crippen LogP) is 2.79. The van der Waals surface area contributed by atoms with E-state index in [1.165, 1.54) is 12.3 Å². The second-order valence-electron chi connectivity index (χ2n) is 5.63. The summed E-state index contributed by atoms with van der Waals surface area (Å²) in [4.78, 5) is 12.3. The van der Waals surface area contributed by atoms with Crippen LogP contribution in [0.15, 0.2) is 77.7 Å². The highest BCUT2D eigenvalue weighted by Gasteiger charge is 2.18. The standard InChI is InChI=1S/C20H19NO4/c22-12-11-17-13-18(23)19(14-21(17)24)25-20(15-7-3-1-4-8-15)16-9-5-2-6-10-16/h1-10,13-14,20,22,24H,11-12H2. The zero-order chi connectivity index (χ0) is 17.6. The number of nitrogens with zero attached hydrogens (tertiary/aromatic N) is 1. The molecule has 0 aliphatic rings. The Kier molecular flexibility index (Phi) is 5.16. The molecule has 0 fully saturated rings. The molecule has 2 N–H and O–H groups in total. The summed E-state index contributed by atoms with van der Waals surface area (Å²) in [7, 11) is 0. The van der Waals surface area contributed by atoms with Gasteiger partial charge < -0.3 is 15.1 Å². The highest BCUT2D eigenvalue weighted by molar-refractivity contribution is 5.32. The van der Waals surface area contributed by atoms with Gasteiger partial charge in [0.2, 0.25) is 5.43 Å². The Morgan fingerprint density at radius 2 is 1.52 bits per heavy atom. The number of aliphatic hydroxyl groups is 1. The number of rotatable bonds is 6. The van der Waals surface area contributed by atoms with E-state index in [2.05, 4.69) is 0 Å². The van der Waals surface area contributed by atoms with Gasteiger partial charge in [-0.15, -0.1) is 0 Å². The van der Waals surface area contributed by atoms with E-state index >= 15 is 0 Å². The molecule has 3 rings (SSSR count). The van der Waals surface area contributed by atoms with Crippen LogP contribution in [0, 0.1) is 0 Å². The molecule has 25 heavy (non-hydrogen) atoms. The van der Waals surface area contributed by atoms with Gasteiger partial charge in [-0.1, -0.05) is 60.7 Å². The van der Waals surface area contributed by atoms with Gasteiger partial charge in [-0.2, -0.15) is 4.73 Å². The average Bonchev–Trinajstić information content (AvgIpc) is 2.65. The summed E-state index contributed by atoms with van der Waals surface area (Å²) >= 11 is 0. The number of pyridine rings is 1. The van der Waals surface area contributed by atoms with Crippen molar-refractivity contribution >= 4 is 0 Å². The molecule has 0 amide bonds. The minimum absolute atomic E-state index is 0.0434. The van der Waals surface area contributed by atoms with Gasteiger partial charge in [-0.05, 0) is 11.1 Å². The Morgan fingerprint density at radius 1 is 0.960 bits per heavy atom. The fourth-order valence-corrected chi connectivity index (χ4v) is 2.65. The highest BCUT2D eigenvalue weighted by Crippen LogP contribution is 2.26. The van der Waals surface area contributed by atoms with E-state index in [-0.39, 0.29) is 24.2 Å². The van der Waals surface area contributed by atoms with E-state index in [1.54, 1.807) is 0 Å². The third kappa shape index (κ3) is 3.89. The number of aliphatic hydroxyl groups excluding tert-OH is 1. The highest BCUT2D eigenvalue weighted by atomic mass is 16.5. The van der Waals surface area contributed by atoms with Crippen molar-refractivity contribution < 1.29 is 15.1 Å². The first kappa shape index (κ1) is 16.8. The van der Waals surface area contributed by atoms with Crippen molar-refractivity contribution in [2.45, 2.75) is 12.5 Å². The quantitative estimate of drug-likeness (QED) is 0.679. The predicted molar refractivity (Wildman–Crippen MR) is 94.0 cm³/mol. The lowest BCUT2D eigenvalue weighted by Gasteiger charge is -2.20. The molecule has 2 aromatic carbocycles. The Bertz CT molecular complexity index is 836. The summed E-state index contributed by atoms with van der Waals surface area (Å²) in [6.07, 6.45) is 0.956. The topological polar surface area (TPSA) is 71.7 Å². The molecule has 5 heteroatoms. The summed E-state index contributed by atoms with van der Waals surface area (Å²) in [5.41, 5.74) is 1.79. The van der Waals surface area contributed by atoms with E-state index < -0.39 is 6.10 Å². The Hall–Kier alpha value is -3.05. The van der Waals surface area contributed by atoms with Crippen molar-refractivity contribution in [3.63, 3.8) is 0 Å². The summed E-state index contributed by atoms with van der Waals surface area (Å²) < 4.78 is 6.79. The van der Waals surface area contributed by atoms with Gasteiger partial charge in [0.15, 0.2) is 5.75 Å². The van der Waals surface area contributed by atoms with Crippen molar-refractivity contribution in [3.05, 3.63) is 100.0 Å². The molecular weight excluding hydrogens is 318 g/mol. The molecule has 1 aromatic heterocycles. The van der Waals surface area contributed by atoms with Crippen LogP contribution in [0.4, 0.5) is 0 Å². The molecule has 0 saturated carbocycles. The summed E-state index contributed by atoms with van der Waals surface area (Å²) in [6, 6.07) is 20.4. The van der Waals surface area contributed by atoms with Crippen LogP contribution in [0.2, 0.25) is 0 Å². The molecule has 1 heterocycles. The van der Waals surface area contributed by atoms with Gasteiger partial charge in [0.05, 0.1) is 11.9 Å². The van der Waals surface area contributed by atoms with Crippen LogP contribution in [0.1, 0.15) is 22.9 Å². The second-order valence-corrected chi connectivity index (χ2v) is 5.63. The van der Waals surface area contributed by atoms with Crippen molar-refractivity contribution in [3.8, 4) is 5.75 Å². The molecule has 0 bridgehead atoms. The molecule has 0 unspecified atom stereocenters. The molecule has 0 spiro atoms.